The highest BCUT2D eigenvalue weighted by atomic mass is 16.5. The highest BCUT2D eigenvalue weighted by molar-refractivity contribution is 5.95. The van der Waals surface area contributed by atoms with Crippen LogP contribution in [0.25, 0.3) is 21.5 Å². The third kappa shape index (κ3) is 3.42. The zero-order valence-electron chi connectivity index (χ0n) is 20.1. The Balaban J connectivity index is 1.47. The Kier molecular flexibility index (Phi) is 4.92. The van der Waals surface area contributed by atoms with E-state index in [1.807, 2.05) is 48.5 Å². The molecule has 1 fully saturated rings. The van der Waals surface area contributed by atoms with E-state index in [2.05, 4.69) is 24.3 Å². The minimum Gasteiger partial charge on any atom is -0.508 e. The maximum atomic E-state index is 10.1. The Morgan fingerprint density at radius 1 is 0.556 bits per heavy atom. The summed E-state index contributed by atoms with van der Waals surface area (Å²) in [6, 6.07) is 28.4. The molecule has 0 saturated heterocycles. The molecular formula is C33H28O3. The molecule has 1 saturated carbocycles. The summed E-state index contributed by atoms with van der Waals surface area (Å²) in [6.07, 6.45) is 6.57. The number of phenolic OH excluding ortho intramolecular Hbond substituents is 2. The monoisotopic (exact) mass is 472 g/mol. The van der Waals surface area contributed by atoms with Gasteiger partial charge in [-0.05, 0) is 87.8 Å². The summed E-state index contributed by atoms with van der Waals surface area (Å²) < 4.78 is 6.50. The van der Waals surface area contributed by atoms with Gasteiger partial charge in [0.05, 0.1) is 0 Å². The van der Waals surface area contributed by atoms with E-state index in [0.29, 0.717) is 5.92 Å². The molecule has 36 heavy (non-hydrogen) atoms. The molecule has 5 aromatic carbocycles. The van der Waals surface area contributed by atoms with Crippen LogP contribution in [0.1, 0.15) is 66.2 Å². The Morgan fingerprint density at radius 2 is 1.08 bits per heavy atom. The van der Waals surface area contributed by atoms with E-state index in [0.717, 1.165) is 44.2 Å². The van der Waals surface area contributed by atoms with Gasteiger partial charge < -0.3 is 14.9 Å². The zero-order valence-corrected chi connectivity index (χ0v) is 20.1. The Morgan fingerprint density at radius 3 is 1.64 bits per heavy atom. The number of hydrogen-bond donors (Lipinski definition) is 2. The van der Waals surface area contributed by atoms with Crippen LogP contribution < -0.4 is 4.74 Å². The van der Waals surface area contributed by atoms with Crippen LogP contribution >= 0.6 is 0 Å². The number of phenols is 2. The third-order valence-corrected chi connectivity index (χ3v) is 8.15. The first-order valence-corrected chi connectivity index (χ1v) is 12.9. The van der Waals surface area contributed by atoms with E-state index in [-0.39, 0.29) is 17.4 Å². The fourth-order valence-corrected chi connectivity index (χ4v) is 6.41. The van der Waals surface area contributed by atoms with Crippen LogP contribution in [0.4, 0.5) is 0 Å². The van der Waals surface area contributed by atoms with Crippen LogP contribution in [-0.4, -0.2) is 10.2 Å². The highest BCUT2D eigenvalue weighted by Gasteiger charge is 2.32. The molecule has 1 aliphatic carbocycles. The van der Waals surface area contributed by atoms with E-state index in [1.165, 1.54) is 43.2 Å². The van der Waals surface area contributed by atoms with E-state index in [1.54, 1.807) is 12.1 Å². The number of fused-ring (bicyclic) bond motifs is 6. The predicted octanol–water partition coefficient (Wildman–Crippen LogP) is 8.74. The van der Waals surface area contributed by atoms with Gasteiger partial charge in [0, 0.05) is 17.0 Å². The van der Waals surface area contributed by atoms with E-state index in [4.69, 9.17) is 4.74 Å². The van der Waals surface area contributed by atoms with E-state index >= 15 is 0 Å². The summed E-state index contributed by atoms with van der Waals surface area (Å²) in [5, 5.41) is 24.4. The lowest BCUT2D eigenvalue weighted by molar-refractivity contribution is 0.443. The fraction of sp³-hybridized carbons (Fsp3) is 0.212. The minimum atomic E-state index is -0.0364. The Bertz CT molecular complexity index is 1520. The number of hydrogen-bond acceptors (Lipinski definition) is 3. The number of aromatic hydroxyl groups is 2. The molecule has 1 aliphatic heterocycles. The summed E-state index contributed by atoms with van der Waals surface area (Å²) in [5.74, 6) is 2.84. The van der Waals surface area contributed by atoms with Crippen molar-refractivity contribution in [2.45, 2.75) is 43.9 Å². The number of rotatable bonds is 2. The van der Waals surface area contributed by atoms with Gasteiger partial charge in [0.2, 0.25) is 0 Å². The highest BCUT2D eigenvalue weighted by Crippen LogP contribution is 2.52. The molecule has 3 heteroatoms. The van der Waals surface area contributed by atoms with E-state index < -0.39 is 0 Å². The van der Waals surface area contributed by atoms with Crippen molar-refractivity contribution >= 4 is 21.5 Å². The zero-order chi connectivity index (χ0) is 24.2. The maximum Gasteiger partial charge on any atom is 0.132 e. The third-order valence-electron chi connectivity index (χ3n) is 8.15. The van der Waals surface area contributed by atoms with Crippen molar-refractivity contribution in [3.63, 3.8) is 0 Å². The largest absolute Gasteiger partial charge is 0.508 e. The number of benzene rings is 5. The van der Waals surface area contributed by atoms with Gasteiger partial charge >= 0.3 is 0 Å². The summed E-state index contributed by atoms with van der Waals surface area (Å²) in [4.78, 5) is 0. The lowest BCUT2D eigenvalue weighted by Crippen LogP contribution is -2.13. The molecule has 0 aromatic heterocycles. The van der Waals surface area contributed by atoms with Crippen molar-refractivity contribution in [1.29, 1.82) is 0 Å². The molecule has 5 aromatic rings. The second kappa shape index (κ2) is 8.30. The van der Waals surface area contributed by atoms with Crippen LogP contribution in [0, 0.1) is 0 Å². The second-order valence-corrected chi connectivity index (χ2v) is 10.3. The van der Waals surface area contributed by atoms with Gasteiger partial charge in [0.15, 0.2) is 0 Å². The summed E-state index contributed by atoms with van der Waals surface area (Å²) in [7, 11) is 0. The quantitative estimate of drug-likeness (QED) is 0.265. The van der Waals surface area contributed by atoms with E-state index in [9.17, 15) is 10.2 Å². The molecule has 178 valence electrons. The molecule has 0 amide bonds. The van der Waals surface area contributed by atoms with Gasteiger partial charge in [0.1, 0.15) is 23.0 Å². The standard InChI is InChI=1S/C33H28O3/c34-25-12-14-27-23(18-25)10-16-29-32(27)31(22-8-6-21(7-9-22)20-4-2-1-3-5-20)33-28-15-13-26(35)19-24(28)11-17-30(33)36-29/h6-20,31,34-35H,1-5H2. The molecule has 0 atom stereocenters. The molecule has 2 aliphatic rings. The van der Waals surface area contributed by atoms with Crippen LogP contribution in [0.5, 0.6) is 23.0 Å². The SMILES string of the molecule is Oc1ccc2c3c(ccc2c1)Oc1ccc2cc(O)ccc2c1C3c1ccc(C2CCCCC2)cc1. The molecule has 2 N–H and O–H groups in total. The smallest absolute Gasteiger partial charge is 0.132 e. The van der Waals surface area contributed by atoms with Crippen LogP contribution in [0.3, 0.4) is 0 Å². The lowest BCUT2D eigenvalue weighted by Gasteiger charge is -2.31. The van der Waals surface area contributed by atoms with Crippen molar-refractivity contribution in [3.8, 4) is 23.0 Å². The Hall–Kier alpha value is -3.98. The first-order chi connectivity index (χ1) is 17.7. The molecule has 0 unspecified atom stereocenters. The average molecular weight is 473 g/mol. The van der Waals surface area contributed by atoms with Gasteiger partial charge in [-0.2, -0.15) is 0 Å². The molecule has 7 rings (SSSR count). The molecule has 1 heterocycles. The Labute approximate surface area is 210 Å². The van der Waals surface area contributed by atoms with Gasteiger partial charge in [-0.1, -0.05) is 67.8 Å². The van der Waals surface area contributed by atoms with Gasteiger partial charge in [-0.3, -0.25) is 0 Å². The van der Waals surface area contributed by atoms with Gasteiger partial charge in [-0.15, -0.1) is 0 Å². The van der Waals surface area contributed by atoms with Crippen molar-refractivity contribution in [2.75, 3.05) is 0 Å². The van der Waals surface area contributed by atoms with Crippen LogP contribution in [-0.2, 0) is 0 Å². The van der Waals surface area contributed by atoms with Gasteiger partial charge in [-0.25, -0.2) is 0 Å². The number of ether oxygens (including phenoxy) is 1. The predicted molar refractivity (Wildman–Crippen MR) is 145 cm³/mol. The van der Waals surface area contributed by atoms with Crippen molar-refractivity contribution in [1.82, 2.24) is 0 Å². The van der Waals surface area contributed by atoms with Crippen molar-refractivity contribution in [3.05, 3.63) is 107 Å². The first kappa shape index (κ1) is 21.3. The molecule has 3 nitrogen and oxygen atoms in total. The summed E-state index contributed by atoms with van der Waals surface area (Å²) in [5.41, 5.74) is 4.90. The molecule has 0 spiro atoms. The topological polar surface area (TPSA) is 49.7 Å². The van der Waals surface area contributed by atoms with Gasteiger partial charge in [0.25, 0.3) is 0 Å². The van der Waals surface area contributed by atoms with Crippen molar-refractivity contribution in [2.24, 2.45) is 0 Å². The molecule has 0 radical (unpaired) electrons. The normalized spacial score (nSPS) is 16.0. The molecule has 0 bridgehead atoms. The van der Waals surface area contributed by atoms with Crippen molar-refractivity contribution < 1.29 is 14.9 Å². The van der Waals surface area contributed by atoms with Crippen LogP contribution in [0.15, 0.2) is 84.9 Å². The average Bonchev–Trinajstić information content (AvgIpc) is 2.92. The minimum absolute atomic E-state index is 0.0364. The van der Waals surface area contributed by atoms with Crippen LogP contribution in [0.2, 0.25) is 0 Å². The lowest BCUT2D eigenvalue weighted by atomic mass is 9.77. The second-order valence-electron chi connectivity index (χ2n) is 10.3. The molecular weight excluding hydrogens is 444 g/mol. The summed E-state index contributed by atoms with van der Waals surface area (Å²) in [6.45, 7) is 0. The fourth-order valence-electron chi connectivity index (χ4n) is 6.41. The maximum absolute atomic E-state index is 10.1. The summed E-state index contributed by atoms with van der Waals surface area (Å²) >= 11 is 0. The first-order valence-electron chi connectivity index (χ1n) is 12.9.